The molecule has 4 aromatic rings. The molecule has 0 radical (unpaired) electrons. The third-order valence-electron chi connectivity index (χ3n) is 8.70. The molecule has 6 heterocycles. The Bertz CT molecular complexity index is 1790. The van der Waals surface area contributed by atoms with Gasteiger partial charge in [-0.2, -0.15) is 5.10 Å². The van der Waals surface area contributed by atoms with Crippen molar-refractivity contribution < 1.29 is 19.1 Å². The molecule has 3 amide bonds. The monoisotopic (exact) mass is 566 g/mol. The van der Waals surface area contributed by atoms with Gasteiger partial charge in [0.1, 0.15) is 17.0 Å². The van der Waals surface area contributed by atoms with Crippen molar-refractivity contribution in [3.8, 4) is 22.6 Å². The second-order valence-electron chi connectivity index (χ2n) is 11.0. The van der Waals surface area contributed by atoms with Crippen LogP contribution in [0.1, 0.15) is 28.5 Å². The zero-order valence-corrected chi connectivity index (χ0v) is 23.4. The quantitative estimate of drug-likeness (QED) is 0.187. The van der Waals surface area contributed by atoms with Gasteiger partial charge in [0.25, 0.3) is 5.91 Å². The maximum Gasteiger partial charge on any atom is 0.269 e. The molecule has 0 saturated carbocycles. The van der Waals surface area contributed by atoms with Crippen molar-refractivity contribution in [1.29, 1.82) is 0 Å². The molecule has 2 unspecified atom stereocenters. The van der Waals surface area contributed by atoms with E-state index >= 15 is 0 Å². The van der Waals surface area contributed by atoms with Crippen LogP contribution in [-0.2, 0) is 20.9 Å². The Kier molecular flexibility index (Phi) is 6.06. The number of ether oxygens (including phenoxy) is 1. The minimum atomic E-state index is -1.04. The number of benzene rings is 1. The number of nitrogens with zero attached hydrogens (tertiary/aromatic N) is 4. The van der Waals surface area contributed by atoms with E-state index in [1.54, 1.807) is 12.2 Å². The maximum atomic E-state index is 13.1. The molecule has 0 spiro atoms. The van der Waals surface area contributed by atoms with Gasteiger partial charge in [-0.05, 0) is 42.3 Å². The molecule has 4 N–H and O–H groups in total. The minimum Gasteiger partial charge on any atom is -0.360 e. The number of nitrogens with one attached hydrogen (secondary N) is 4. The number of H-pyrrole nitrogens is 2. The largest absolute Gasteiger partial charge is 0.360 e. The number of carbonyl (C=O) groups is 3. The van der Waals surface area contributed by atoms with Crippen molar-refractivity contribution in [3.63, 3.8) is 0 Å². The Labute approximate surface area is 240 Å². The van der Waals surface area contributed by atoms with Crippen molar-refractivity contribution in [2.45, 2.75) is 32.1 Å². The first-order valence-electron chi connectivity index (χ1n) is 14.0. The molecule has 1 aromatic carbocycles. The molecule has 42 heavy (non-hydrogen) atoms. The van der Waals surface area contributed by atoms with Crippen LogP contribution in [0, 0.1) is 18.8 Å². The van der Waals surface area contributed by atoms with Crippen molar-refractivity contribution in [2.24, 2.45) is 11.8 Å². The van der Waals surface area contributed by atoms with Gasteiger partial charge >= 0.3 is 0 Å². The van der Waals surface area contributed by atoms with Gasteiger partial charge in [0.2, 0.25) is 11.8 Å². The summed E-state index contributed by atoms with van der Waals surface area (Å²) in [5, 5.41) is 14.6. The molecule has 0 aliphatic carbocycles. The number of aromatic nitrogens is 5. The Hall–Kier alpha value is -4.68. The fourth-order valence-corrected chi connectivity index (χ4v) is 6.38. The first-order valence-corrected chi connectivity index (χ1v) is 14.0. The first-order chi connectivity index (χ1) is 20.3. The fourth-order valence-electron chi connectivity index (χ4n) is 6.38. The van der Waals surface area contributed by atoms with Crippen LogP contribution in [-0.4, -0.2) is 79.6 Å². The molecule has 7 rings (SSSR count). The van der Waals surface area contributed by atoms with Crippen LogP contribution in [0.2, 0.25) is 0 Å². The van der Waals surface area contributed by atoms with Gasteiger partial charge in [0.05, 0.1) is 36.2 Å². The summed E-state index contributed by atoms with van der Waals surface area (Å²) in [5.41, 5.74) is 4.94. The smallest absolute Gasteiger partial charge is 0.269 e. The SMILES string of the molecule is CCNCc1cncc(-c2ccc3[nH]nc(-c4ncc(C(=O)NCC56C=CC(O5)[C@H]5C(=O)N(C)C(=O)[C@H]56)[nH]4)c3c2)c1C. The number of hydrogen-bond acceptors (Lipinski definition) is 8. The molecule has 2 fully saturated rings. The van der Waals surface area contributed by atoms with Gasteiger partial charge in [-0.1, -0.05) is 25.1 Å². The Morgan fingerprint density at radius 1 is 1.19 bits per heavy atom. The normalized spacial score (nSPS) is 24.3. The van der Waals surface area contributed by atoms with Gasteiger partial charge in [-0.15, -0.1) is 0 Å². The van der Waals surface area contributed by atoms with Crippen LogP contribution in [0.15, 0.2) is 48.9 Å². The van der Waals surface area contributed by atoms with Crippen molar-refractivity contribution in [3.05, 3.63) is 65.8 Å². The van der Waals surface area contributed by atoms with E-state index < -0.39 is 29.4 Å². The average molecular weight is 567 g/mol. The van der Waals surface area contributed by atoms with E-state index in [1.165, 1.54) is 13.2 Å². The van der Waals surface area contributed by atoms with Crippen molar-refractivity contribution >= 4 is 28.6 Å². The van der Waals surface area contributed by atoms with E-state index in [4.69, 9.17) is 4.74 Å². The van der Waals surface area contributed by atoms with Gasteiger partial charge < -0.3 is 20.4 Å². The highest BCUT2D eigenvalue weighted by atomic mass is 16.5. The number of amides is 3. The molecule has 4 atom stereocenters. The number of aromatic amines is 2. The summed E-state index contributed by atoms with van der Waals surface area (Å²) in [6, 6.07) is 6.05. The lowest BCUT2D eigenvalue weighted by molar-refractivity contribution is -0.142. The van der Waals surface area contributed by atoms with E-state index in [0.29, 0.717) is 11.5 Å². The number of hydrogen-bond donors (Lipinski definition) is 4. The standard InChI is InChI=1S/C30H30N8O4/c1-4-31-10-17-11-32-12-19(15(17)2)16-5-6-20-18(9-16)25(37-36-20)26-33-13-21(35-26)27(39)34-14-30-8-7-22(42-30)23-24(30)29(41)38(3)28(23)40/h5-9,11-13,22-24,31H,4,10,14H2,1-3H3,(H,33,35)(H,34,39)(H,36,37)/t22?,23-,24+,30?/m1/s1. The van der Waals surface area contributed by atoms with E-state index in [2.05, 4.69) is 49.6 Å². The van der Waals surface area contributed by atoms with E-state index in [1.807, 2.05) is 30.6 Å². The third-order valence-corrected chi connectivity index (χ3v) is 8.70. The highest BCUT2D eigenvalue weighted by Gasteiger charge is 2.66. The third kappa shape index (κ3) is 3.90. The Balaban J connectivity index is 1.11. The lowest BCUT2D eigenvalue weighted by atomic mass is 9.77. The van der Waals surface area contributed by atoms with Crippen LogP contribution in [0.3, 0.4) is 0 Å². The maximum absolute atomic E-state index is 13.1. The number of likely N-dealkylation sites (tertiary alicyclic amines) is 1. The molecule has 3 aliphatic heterocycles. The highest BCUT2D eigenvalue weighted by Crippen LogP contribution is 2.51. The number of fused-ring (bicyclic) bond motifs is 6. The number of imidazole rings is 1. The number of carbonyl (C=O) groups excluding carboxylic acids is 3. The zero-order chi connectivity index (χ0) is 29.2. The van der Waals surface area contributed by atoms with Crippen LogP contribution in [0.4, 0.5) is 0 Å². The molecule has 2 bridgehead atoms. The molecule has 12 heteroatoms. The number of imide groups is 1. The van der Waals surface area contributed by atoms with E-state index in [9.17, 15) is 14.4 Å². The van der Waals surface area contributed by atoms with Crippen molar-refractivity contribution in [2.75, 3.05) is 20.1 Å². The molecule has 214 valence electrons. The predicted molar refractivity (Wildman–Crippen MR) is 153 cm³/mol. The van der Waals surface area contributed by atoms with Gasteiger partial charge in [0.15, 0.2) is 5.82 Å². The predicted octanol–water partition coefficient (Wildman–Crippen LogP) is 2.10. The lowest BCUT2D eigenvalue weighted by Crippen LogP contribution is -2.48. The zero-order valence-electron chi connectivity index (χ0n) is 23.4. The van der Waals surface area contributed by atoms with Crippen LogP contribution in [0.5, 0.6) is 0 Å². The molecular weight excluding hydrogens is 536 g/mol. The Morgan fingerprint density at radius 3 is 2.88 bits per heavy atom. The van der Waals surface area contributed by atoms with Crippen LogP contribution >= 0.6 is 0 Å². The highest BCUT2D eigenvalue weighted by molar-refractivity contribution is 6.07. The van der Waals surface area contributed by atoms with Crippen LogP contribution < -0.4 is 10.6 Å². The molecule has 3 aromatic heterocycles. The summed E-state index contributed by atoms with van der Waals surface area (Å²) in [7, 11) is 1.49. The van der Waals surface area contributed by atoms with Crippen molar-refractivity contribution in [1.82, 2.24) is 40.7 Å². The first kappa shape index (κ1) is 26.2. The summed E-state index contributed by atoms with van der Waals surface area (Å²) in [6.07, 6.45) is 8.35. The molecular formula is C30H30N8O4. The van der Waals surface area contributed by atoms with E-state index in [0.717, 1.165) is 51.1 Å². The Morgan fingerprint density at radius 2 is 2.05 bits per heavy atom. The topological polar surface area (TPSA) is 158 Å². The summed E-state index contributed by atoms with van der Waals surface area (Å²) < 4.78 is 6.06. The van der Waals surface area contributed by atoms with Gasteiger partial charge in [-0.25, -0.2) is 4.98 Å². The summed E-state index contributed by atoms with van der Waals surface area (Å²) >= 11 is 0. The van der Waals surface area contributed by atoms with Crippen LogP contribution in [0.25, 0.3) is 33.5 Å². The lowest BCUT2D eigenvalue weighted by Gasteiger charge is -2.28. The molecule has 2 saturated heterocycles. The second kappa shape index (κ2) is 9.71. The molecule has 3 aliphatic rings. The van der Waals surface area contributed by atoms with Gasteiger partial charge in [-0.3, -0.25) is 29.4 Å². The second-order valence-corrected chi connectivity index (χ2v) is 11.0. The van der Waals surface area contributed by atoms with E-state index in [-0.39, 0.29) is 24.1 Å². The minimum absolute atomic E-state index is 0.0517. The number of rotatable bonds is 8. The number of pyridine rings is 1. The summed E-state index contributed by atoms with van der Waals surface area (Å²) in [4.78, 5) is 51.6. The summed E-state index contributed by atoms with van der Waals surface area (Å²) in [5.74, 6) is -1.68. The molecule has 12 nitrogen and oxygen atoms in total. The summed E-state index contributed by atoms with van der Waals surface area (Å²) in [6.45, 7) is 5.84. The fraction of sp³-hybridized carbons (Fsp3) is 0.333. The average Bonchev–Trinajstić information content (AvgIpc) is 3.82. The van der Waals surface area contributed by atoms with Gasteiger partial charge in [0, 0.05) is 36.9 Å².